The van der Waals surface area contributed by atoms with Gasteiger partial charge in [-0.05, 0) is 36.4 Å². The van der Waals surface area contributed by atoms with Crippen molar-refractivity contribution < 1.29 is 30.0 Å². The molecule has 0 spiro atoms. The molecule has 0 aliphatic carbocycles. The Morgan fingerprint density at radius 2 is 1.45 bits per heavy atom. The Bertz CT molecular complexity index is 1720. The number of fused-ring (bicyclic) bond motifs is 4. The molecule has 5 rings (SSSR count). The first kappa shape index (κ1) is 31.1. The first-order chi connectivity index (χ1) is 18.2. The summed E-state index contributed by atoms with van der Waals surface area (Å²) in [6, 6.07) is 26.7. The van der Waals surface area contributed by atoms with E-state index in [9.17, 15) is 9.90 Å². The molecule has 0 aliphatic rings. The Balaban J connectivity index is 0.000000272. The zero-order valence-electron chi connectivity index (χ0n) is 24.5. The van der Waals surface area contributed by atoms with Gasteiger partial charge in [0.25, 0.3) is 0 Å². The molecule has 0 bridgehead atoms. The van der Waals surface area contributed by atoms with Crippen LogP contribution in [0, 0.1) is 30.7 Å². The summed E-state index contributed by atoms with van der Waals surface area (Å²) >= 11 is 0. The third-order valence-corrected chi connectivity index (χ3v) is 6.66. The molecule has 0 saturated heterocycles. The molecule has 0 unspecified atom stereocenters. The maximum Gasteiger partial charge on any atom is 0.164 e. The van der Waals surface area contributed by atoms with Crippen molar-refractivity contribution in [3.63, 3.8) is 0 Å². The Hall–Kier alpha value is -3.40. The van der Waals surface area contributed by atoms with E-state index in [1.54, 1.807) is 0 Å². The van der Waals surface area contributed by atoms with Crippen LogP contribution in [-0.4, -0.2) is 20.9 Å². The van der Waals surface area contributed by atoms with Crippen LogP contribution in [0.4, 0.5) is 0 Å². The fraction of sp³-hybridized carbons (Fsp3) is 0.286. The van der Waals surface area contributed by atoms with Crippen molar-refractivity contribution in [3.05, 3.63) is 96.0 Å². The number of aliphatic hydroxyl groups is 1. The number of hydrogen-bond donors (Lipinski definition) is 1. The zero-order chi connectivity index (χ0) is 28.5. The van der Waals surface area contributed by atoms with Gasteiger partial charge < -0.3 is 5.11 Å². The number of aromatic nitrogens is 2. The number of aliphatic hydroxyl groups excluding tert-OH is 1. The Labute approximate surface area is 250 Å². The second kappa shape index (κ2) is 12.0. The number of ketones is 1. The van der Waals surface area contributed by atoms with E-state index in [-0.39, 0.29) is 37.1 Å². The number of carbonyl (C=O) groups is 1. The summed E-state index contributed by atoms with van der Waals surface area (Å²) in [5.41, 5.74) is 3.43. The van der Waals surface area contributed by atoms with Gasteiger partial charge in [0.05, 0.1) is 5.52 Å². The second-order valence-electron chi connectivity index (χ2n) is 12.2. The van der Waals surface area contributed by atoms with Crippen molar-refractivity contribution in [3.8, 4) is 11.3 Å². The molecule has 1 aromatic heterocycles. The van der Waals surface area contributed by atoms with Crippen LogP contribution in [0.1, 0.15) is 52.9 Å². The quantitative estimate of drug-likeness (QED) is 0.0860. The molecule has 1 N–H and O–H groups in total. The molecule has 4 aromatic carbocycles. The maximum absolute atomic E-state index is 11.5. The molecule has 0 atom stereocenters. The molecule has 1 radical (unpaired) electrons. The summed E-state index contributed by atoms with van der Waals surface area (Å²) in [5, 5.41) is 15.4. The smallest absolute Gasteiger partial charge is 0.164 e. The Kier molecular flexibility index (Phi) is 9.34. The average molecular weight is 710 g/mol. The van der Waals surface area contributed by atoms with Crippen molar-refractivity contribution in [2.45, 2.75) is 55.4 Å². The Morgan fingerprint density at radius 1 is 0.800 bits per heavy atom. The summed E-state index contributed by atoms with van der Waals surface area (Å²) in [6.07, 6.45) is 1.33. The monoisotopic (exact) mass is 710 g/mol. The van der Waals surface area contributed by atoms with E-state index in [4.69, 9.17) is 9.97 Å². The van der Waals surface area contributed by atoms with E-state index < -0.39 is 5.41 Å². The van der Waals surface area contributed by atoms with Crippen LogP contribution < -0.4 is 0 Å². The van der Waals surface area contributed by atoms with Crippen LogP contribution in [0.25, 0.3) is 43.7 Å². The molecular weight excluding hydrogens is 673 g/mol. The van der Waals surface area contributed by atoms with E-state index in [1.807, 2.05) is 54.5 Å². The zero-order valence-corrected chi connectivity index (χ0v) is 26.9. The standard InChI is InChI=1S/C24H17N2.C11H20O2.Ir/c1-15-7-8-18-11-12-21-23(25-16(2)26-24(21)22(18)13-15)20-10-9-17-5-3-4-6-19(17)14-20;1-10(2,3)8(12)7-9(13)11(4,5)6;/h3-9,11-14H,1-2H3;7,12H,1-6H3;/q-1;;/b;8-7-;. The van der Waals surface area contributed by atoms with Gasteiger partial charge in [-0.1, -0.05) is 101 Å². The van der Waals surface area contributed by atoms with E-state index in [0.29, 0.717) is 0 Å². The minimum absolute atomic E-state index is 0. The van der Waals surface area contributed by atoms with Crippen LogP contribution in [-0.2, 0) is 24.9 Å². The van der Waals surface area contributed by atoms with Crippen LogP contribution in [0.3, 0.4) is 0 Å². The van der Waals surface area contributed by atoms with Crippen molar-refractivity contribution in [1.82, 2.24) is 9.97 Å². The van der Waals surface area contributed by atoms with Gasteiger partial charge in [0.15, 0.2) is 5.78 Å². The molecule has 40 heavy (non-hydrogen) atoms. The molecule has 0 aliphatic heterocycles. The van der Waals surface area contributed by atoms with E-state index in [2.05, 4.69) is 73.7 Å². The SMILES string of the molecule is CC(C)(C)C(=O)/C=C(\O)C(C)(C)C.Cc1ccc2ccc3c(-c4[c-]cc5ccccc5c4)nc(C)nc3c2c1.[Ir]. The topological polar surface area (TPSA) is 63.1 Å². The van der Waals surface area contributed by atoms with Gasteiger partial charge >= 0.3 is 0 Å². The van der Waals surface area contributed by atoms with Crippen LogP contribution in [0.15, 0.2) is 78.6 Å². The van der Waals surface area contributed by atoms with E-state index in [0.717, 1.165) is 28.0 Å². The van der Waals surface area contributed by atoms with E-state index >= 15 is 0 Å². The number of nitrogens with zero attached hydrogens (tertiary/aromatic N) is 2. The molecule has 0 saturated carbocycles. The number of benzene rings is 4. The van der Waals surface area contributed by atoms with Gasteiger partial charge in [0, 0.05) is 42.4 Å². The predicted octanol–water partition coefficient (Wildman–Crippen LogP) is 9.11. The normalized spacial score (nSPS) is 12.2. The van der Waals surface area contributed by atoms with Gasteiger partial charge in [-0.25, -0.2) is 4.98 Å². The third-order valence-electron chi connectivity index (χ3n) is 6.66. The van der Waals surface area contributed by atoms with Gasteiger partial charge in [-0.15, -0.1) is 29.1 Å². The maximum atomic E-state index is 11.5. The first-order valence-electron chi connectivity index (χ1n) is 13.3. The fourth-order valence-electron chi connectivity index (χ4n) is 4.16. The Morgan fingerprint density at radius 3 is 2.10 bits per heavy atom. The number of allylic oxidation sites excluding steroid dienone is 2. The minimum atomic E-state index is -0.417. The summed E-state index contributed by atoms with van der Waals surface area (Å²) < 4.78 is 0. The summed E-state index contributed by atoms with van der Waals surface area (Å²) in [7, 11) is 0. The van der Waals surface area contributed by atoms with Gasteiger partial charge in [-0.2, -0.15) is 0 Å². The van der Waals surface area contributed by atoms with Crippen LogP contribution in [0.2, 0.25) is 0 Å². The largest absolute Gasteiger partial charge is 0.512 e. The van der Waals surface area contributed by atoms with Crippen molar-refractivity contribution in [1.29, 1.82) is 0 Å². The first-order valence-corrected chi connectivity index (χ1v) is 13.3. The average Bonchev–Trinajstić information content (AvgIpc) is 2.87. The molecule has 5 aromatic rings. The molecule has 0 fully saturated rings. The van der Waals surface area contributed by atoms with Crippen LogP contribution >= 0.6 is 0 Å². The molecule has 5 heteroatoms. The third kappa shape index (κ3) is 7.02. The molecule has 209 valence electrons. The summed E-state index contributed by atoms with van der Waals surface area (Å²) in [6.45, 7) is 15.2. The number of hydrogen-bond acceptors (Lipinski definition) is 4. The fourth-order valence-corrected chi connectivity index (χ4v) is 4.16. The molecular formula is C35H37IrN2O2-. The van der Waals surface area contributed by atoms with Crippen molar-refractivity contribution in [2.24, 2.45) is 10.8 Å². The number of rotatable bonds is 2. The molecule has 0 amide bonds. The minimum Gasteiger partial charge on any atom is -0.512 e. The van der Waals surface area contributed by atoms with Crippen LogP contribution in [0.5, 0.6) is 0 Å². The number of carbonyl (C=O) groups excluding carboxylic acids is 1. The van der Waals surface area contributed by atoms with Gasteiger partial charge in [0.2, 0.25) is 0 Å². The molecule has 4 nitrogen and oxygen atoms in total. The van der Waals surface area contributed by atoms with Gasteiger partial charge in [0.1, 0.15) is 11.6 Å². The van der Waals surface area contributed by atoms with E-state index in [1.165, 1.54) is 33.2 Å². The predicted molar refractivity (Wildman–Crippen MR) is 163 cm³/mol. The summed E-state index contributed by atoms with van der Waals surface area (Å²) in [4.78, 5) is 21.0. The van der Waals surface area contributed by atoms with Gasteiger partial charge in [-0.3, -0.25) is 9.78 Å². The summed E-state index contributed by atoms with van der Waals surface area (Å²) in [5.74, 6) is 0.885. The second-order valence-corrected chi connectivity index (χ2v) is 12.2. The van der Waals surface area contributed by atoms with Crippen molar-refractivity contribution >= 4 is 38.2 Å². The molecule has 1 heterocycles. The number of aryl methyl sites for hydroxylation is 2. The van der Waals surface area contributed by atoms with Crippen molar-refractivity contribution in [2.75, 3.05) is 0 Å².